The van der Waals surface area contributed by atoms with Crippen LogP contribution in [0.5, 0.6) is 0 Å². The minimum absolute atomic E-state index is 0.0152. The first-order chi connectivity index (χ1) is 9.02. The maximum Gasteiger partial charge on any atom is 0.237 e. The Labute approximate surface area is 117 Å². The van der Waals surface area contributed by atoms with Crippen LogP contribution in [0.25, 0.3) is 0 Å². The molecule has 19 heavy (non-hydrogen) atoms. The molecule has 1 amide bonds. The summed E-state index contributed by atoms with van der Waals surface area (Å²) in [7, 11) is 0. The lowest BCUT2D eigenvalue weighted by atomic mass is 10.0. The summed E-state index contributed by atoms with van der Waals surface area (Å²) >= 11 is 1.68. The summed E-state index contributed by atoms with van der Waals surface area (Å²) < 4.78 is 5.37. The van der Waals surface area contributed by atoms with Crippen LogP contribution < -0.4 is 11.5 Å². The number of hydrogen-bond acceptors (Lipinski definition) is 5. The first kappa shape index (κ1) is 14.5. The number of nitrogens with zero attached hydrogens (tertiary/aromatic N) is 1. The van der Waals surface area contributed by atoms with E-state index in [0.717, 1.165) is 0 Å². The lowest BCUT2D eigenvalue weighted by molar-refractivity contribution is -0.131. The van der Waals surface area contributed by atoms with Crippen molar-refractivity contribution in [2.24, 2.45) is 11.5 Å². The highest BCUT2D eigenvalue weighted by molar-refractivity contribution is 7.10. The van der Waals surface area contributed by atoms with E-state index in [-0.39, 0.29) is 18.0 Å². The highest BCUT2D eigenvalue weighted by Crippen LogP contribution is 2.33. The van der Waals surface area contributed by atoms with Crippen LogP contribution >= 0.6 is 11.3 Å². The first-order valence-corrected chi connectivity index (χ1v) is 7.32. The lowest BCUT2D eigenvalue weighted by Gasteiger charge is -2.41. The molecule has 4 N–H and O–H groups in total. The number of carbonyl (C=O) groups is 1. The van der Waals surface area contributed by atoms with Crippen LogP contribution in [-0.4, -0.2) is 42.6 Å². The monoisotopic (exact) mass is 283 g/mol. The highest BCUT2D eigenvalue weighted by Gasteiger charge is 2.36. The van der Waals surface area contributed by atoms with Crippen LogP contribution in [0, 0.1) is 6.92 Å². The fourth-order valence-corrected chi connectivity index (χ4v) is 3.74. The van der Waals surface area contributed by atoms with Crippen LogP contribution in [0.3, 0.4) is 0 Å². The van der Waals surface area contributed by atoms with E-state index in [1.165, 1.54) is 10.4 Å². The maximum absolute atomic E-state index is 11.6. The van der Waals surface area contributed by atoms with Crippen molar-refractivity contribution in [2.75, 3.05) is 19.8 Å². The number of ether oxygens (including phenoxy) is 1. The molecule has 1 saturated heterocycles. The first-order valence-electron chi connectivity index (χ1n) is 6.44. The minimum atomic E-state index is -0.397. The van der Waals surface area contributed by atoms with Gasteiger partial charge in [-0.15, -0.1) is 11.3 Å². The topological polar surface area (TPSA) is 81.6 Å². The predicted molar refractivity (Wildman–Crippen MR) is 76.0 cm³/mol. The molecule has 106 valence electrons. The molecular formula is C13H21N3O2S. The number of aryl methyl sites for hydroxylation is 1. The quantitative estimate of drug-likeness (QED) is 0.849. The van der Waals surface area contributed by atoms with E-state index in [4.69, 9.17) is 16.2 Å². The Morgan fingerprint density at radius 1 is 1.63 bits per heavy atom. The second kappa shape index (κ2) is 6.00. The van der Waals surface area contributed by atoms with Gasteiger partial charge in [-0.05, 0) is 30.9 Å². The van der Waals surface area contributed by atoms with Crippen molar-refractivity contribution in [3.05, 3.63) is 21.9 Å². The molecule has 1 aromatic rings. The maximum atomic E-state index is 11.6. The van der Waals surface area contributed by atoms with E-state index in [9.17, 15) is 4.79 Å². The fourth-order valence-electron chi connectivity index (χ4n) is 2.57. The summed E-state index contributed by atoms with van der Waals surface area (Å²) in [5, 5.41) is 2.06. The zero-order valence-corrected chi connectivity index (χ0v) is 12.2. The Hall–Kier alpha value is -0.950. The van der Waals surface area contributed by atoms with Gasteiger partial charge in [0, 0.05) is 17.5 Å². The van der Waals surface area contributed by atoms with Crippen molar-refractivity contribution in [3.63, 3.8) is 0 Å². The summed E-state index contributed by atoms with van der Waals surface area (Å²) in [4.78, 5) is 14.9. The van der Waals surface area contributed by atoms with Crippen molar-refractivity contribution in [2.45, 2.75) is 32.0 Å². The summed E-state index contributed by atoms with van der Waals surface area (Å²) in [6.07, 6.45) is 0. The molecule has 5 nitrogen and oxygen atoms in total. The summed E-state index contributed by atoms with van der Waals surface area (Å²) in [6.45, 7) is 5.68. The molecular weight excluding hydrogens is 262 g/mol. The lowest BCUT2D eigenvalue weighted by Crippen LogP contribution is -2.56. The van der Waals surface area contributed by atoms with Gasteiger partial charge in [-0.25, -0.2) is 0 Å². The zero-order chi connectivity index (χ0) is 14.0. The number of thiophene rings is 1. The molecule has 1 aliphatic rings. The zero-order valence-electron chi connectivity index (χ0n) is 11.3. The number of hydrogen-bond donors (Lipinski definition) is 2. The van der Waals surface area contributed by atoms with Gasteiger partial charge in [0.05, 0.1) is 19.3 Å². The molecule has 0 bridgehead atoms. The number of primary amides is 1. The Balaban J connectivity index is 2.32. The van der Waals surface area contributed by atoms with Gasteiger partial charge in [-0.3, -0.25) is 9.69 Å². The number of morpholine rings is 1. The molecule has 1 fully saturated rings. The molecule has 0 aliphatic carbocycles. The van der Waals surface area contributed by atoms with Crippen molar-refractivity contribution in [1.29, 1.82) is 0 Å². The van der Waals surface area contributed by atoms with Crippen LogP contribution in [0.1, 0.15) is 23.4 Å². The van der Waals surface area contributed by atoms with Gasteiger partial charge >= 0.3 is 0 Å². The molecule has 1 aromatic heterocycles. The molecule has 0 saturated carbocycles. The minimum Gasteiger partial charge on any atom is -0.378 e. The number of rotatable bonds is 4. The van der Waals surface area contributed by atoms with Crippen LogP contribution in [0.4, 0.5) is 0 Å². The van der Waals surface area contributed by atoms with E-state index in [0.29, 0.717) is 19.8 Å². The highest BCUT2D eigenvalue weighted by atomic mass is 32.1. The smallest absolute Gasteiger partial charge is 0.237 e. The van der Waals surface area contributed by atoms with E-state index in [1.54, 1.807) is 11.3 Å². The average molecular weight is 283 g/mol. The number of amides is 1. The third-order valence-corrected chi connectivity index (χ3v) is 4.61. The number of nitrogens with two attached hydrogens (primary N) is 2. The molecule has 6 heteroatoms. The van der Waals surface area contributed by atoms with Crippen LogP contribution in [0.15, 0.2) is 11.4 Å². The summed E-state index contributed by atoms with van der Waals surface area (Å²) in [5.41, 5.74) is 12.9. The van der Waals surface area contributed by atoms with Gasteiger partial charge in [0.1, 0.15) is 6.04 Å². The summed E-state index contributed by atoms with van der Waals surface area (Å²) in [5.74, 6) is -0.348. The SMILES string of the molecule is Cc1ccsc1C(C(C)N)N1CCOCC1C(N)=O. The molecule has 0 radical (unpaired) electrons. The van der Waals surface area contributed by atoms with Crippen LogP contribution in [-0.2, 0) is 9.53 Å². The van der Waals surface area contributed by atoms with E-state index in [2.05, 4.69) is 23.3 Å². The van der Waals surface area contributed by atoms with Crippen molar-refractivity contribution in [1.82, 2.24) is 4.90 Å². The molecule has 3 unspecified atom stereocenters. The largest absolute Gasteiger partial charge is 0.378 e. The molecule has 0 aromatic carbocycles. The van der Waals surface area contributed by atoms with Gasteiger partial charge in [-0.2, -0.15) is 0 Å². The third kappa shape index (κ3) is 2.97. The standard InChI is InChI=1S/C13H21N3O2S/c1-8-3-6-19-12(8)11(9(2)14)16-4-5-18-7-10(16)13(15)17/h3,6,9-11H,4-5,7,14H2,1-2H3,(H2,15,17). The molecule has 2 heterocycles. The van der Waals surface area contributed by atoms with Gasteiger partial charge in [-0.1, -0.05) is 0 Å². The van der Waals surface area contributed by atoms with Crippen molar-refractivity contribution < 1.29 is 9.53 Å². The van der Waals surface area contributed by atoms with Gasteiger partial charge in [0.25, 0.3) is 0 Å². The van der Waals surface area contributed by atoms with Crippen molar-refractivity contribution in [3.8, 4) is 0 Å². The van der Waals surface area contributed by atoms with E-state index >= 15 is 0 Å². The second-order valence-electron chi connectivity index (χ2n) is 5.00. The Morgan fingerprint density at radius 3 is 2.89 bits per heavy atom. The molecule has 2 rings (SSSR count). The van der Waals surface area contributed by atoms with E-state index < -0.39 is 6.04 Å². The Morgan fingerprint density at radius 2 is 2.37 bits per heavy atom. The van der Waals surface area contributed by atoms with Crippen LogP contribution in [0.2, 0.25) is 0 Å². The Bertz CT molecular complexity index is 447. The molecule has 3 atom stereocenters. The normalized spacial score (nSPS) is 24.1. The van der Waals surface area contributed by atoms with Gasteiger partial charge in [0.2, 0.25) is 5.91 Å². The molecule has 1 aliphatic heterocycles. The third-order valence-electron chi connectivity index (χ3n) is 3.52. The Kier molecular flexibility index (Phi) is 4.57. The van der Waals surface area contributed by atoms with E-state index in [1.807, 2.05) is 6.92 Å². The predicted octanol–water partition coefficient (Wildman–Crippen LogP) is 0.631. The van der Waals surface area contributed by atoms with Gasteiger partial charge < -0.3 is 16.2 Å². The fraction of sp³-hybridized carbons (Fsp3) is 0.615. The average Bonchev–Trinajstić information content (AvgIpc) is 2.76. The number of carbonyl (C=O) groups excluding carboxylic acids is 1. The molecule has 0 spiro atoms. The second-order valence-corrected chi connectivity index (χ2v) is 5.95. The van der Waals surface area contributed by atoms with Gasteiger partial charge in [0.15, 0.2) is 0 Å². The summed E-state index contributed by atoms with van der Waals surface area (Å²) in [6, 6.07) is 1.62. The van der Waals surface area contributed by atoms with Crippen molar-refractivity contribution >= 4 is 17.2 Å².